The molecule has 1 rings (SSSR count). The number of likely N-dealkylation sites (N-methyl/N-ethyl adjacent to an activating group) is 1. The number of halogens is 1. The Kier molecular flexibility index (Phi) is 5.17. The lowest BCUT2D eigenvalue weighted by molar-refractivity contribution is -0.157. The molecule has 1 fully saturated rings. The molecule has 0 spiro atoms. The number of carboxylic acids is 1. The van der Waals surface area contributed by atoms with Crippen molar-refractivity contribution in [3.05, 3.63) is 0 Å². The summed E-state index contributed by atoms with van der Waals surface area (Å²) < 4.78 is 0. The molecule has 0 aromatic heterocycles. The van der Waals surface area contributed by atoms with Gasteiger partial charge in [0.05, 0.1) is 5.92 Å². The van der Waals surface area contributed by atoms with Gasteiger partial charge in [-0.1, -0.05) is 13.8 Å². The van der Waals surface area contributed by atoms with Crippen LogP contribution in [0.4, 0.5) is 0 Å². The number of hydrogen-bond acceptors (Lipinski definition) is 3. The number of rotatable bonds is 5. The van der Waals surface area contributed by atoms with Gasteiger partial charge in [0.25, 0.3) is 0 Å². The molecule has 0 saturated carbocycles. The number of aliphatic carboxylic acids is 1. The van der Waals surface area contributed by atoms with Gasteiger partial charge < -0.3 is 14.9 Å². The van der Waals surface area contributed by atoms with Gasteiger partial charge in [-0.2, -0.15) is 0 Å². The number of hydrogen-bond donors (Lipinski definition) is 1. The van der Waals surface area contributed by atoms with Gasteiger partial charge in [-0.15, -0.1) is 11.6 Å². The van der Waals surface area contributed by atoms with Crippen LogP contribution < -0.4 is 0 Å². The minimum Gasteiger partial charge on any atom is -0.480 e. The second kappa shape index (κ2) is 6.23. The normalized spacial score (nSPS) is 17.0. The molecule has 1 atom stereocenters. The number of carbonyl (C=O) groups is 3. The van der Waals surface area contributed by atoms with Crippen LogP contribution in [-0.4, -0.2) is 64.7 Å². The number of amides is 2. The molecule has 19 heavy (non-hydrogen) atoms. The molecule has 2 amide bonds. The van der Waals surface area contributed by atoms with Crippen molar-refractivity contribution in [3.8, 4) is 0 Å². The lowest BCUT2D eigenvalue weighted by atomic mass is 9.95. The zero-order valence-electron chi connectivity index (χ0n) is 11.3. The number of carboxylic acid groups (broad SMARTS) is 1. The van der Waals surface area contributed by atoms with Crippen LogP contribution in [0.25, 0.3) is 0 Å². The third-order valence-electron chi connectivity index (χ3n) is 3.35. The van der Waals surface area contributed by atoms with Crippen molar-refractivity contribution in [2.45, 2.75) is 19.9 Å². The van der Waals surface area contributed by atoms with E-state index in [9.17, 15) is 14.4 Å². The summed E-state index contributed by atoms with van der Waals surface area (Å²) >= 11 is 5.42. The van der Waals surface area contributed by atoms with E-state index < -0.39 is 12.0 Å². The first kappa shape index (κ1) is 15.8. The highest BCUT2D eigenvalue weighted by molar-refractivity contribution is 6.27. The summed E-state index contributed by atoms with van der Waals surface area (Å²) in [5.74, 6) is -2.05. The van der Waals surface area contributed by atoms with Gasteiger partial charge in [0.15, 0.2) is 0 Å². The fourth-order valence-electron chi connectivity index (χ4n) is 2.25. The Morgan fingerprint density at radius 1 is 1.37 bits per heavy atom. The maximum atomic E-state index is 12.1. The molecule has 7 heteroatoms. The SMILES string of the molecule is CC(C)C(C(=O)O)N(C)C(=O)C1CN(C(=O)CCl)C1. The maximum Gasteiger partial charge on any atom is 0.326 e. The summed E-state index contributed by atoms with van der Waals surface area (Å²) in [5, 5.41) is 9.14. The molecular formula is C12H19ClN2O4. The molecule has 6 nitrogen and oxygen atoms in total. The van der Waals surface area contributed by atoms with Gasteiger partial charge in [0.1, 0.15) is 11.9 Å². The summed E-state index contributed by atoms with van der Waals surface area (Å²) in [7, 11) is 1.49. The second-order valence-electron chi connectivity index (χ2n) is 5.11. The molecule has 0 aliphatic carbocycles. The predicted molar refractivity (Wildman–Crippen MR) is 69.8 cm³/mol. The first-order valence-corrected chi connectivity index (χ1v) is 6.66. The van der Waals surface area contributed by atoms with Crippen molar-refractivity contribution in [2.75, 3.05) is 26.0 Å². The highest BCUT2D eigenvalue weighted by Crippen LogP contribution is 2.21. The van der Waals surface area contributed by atoms with Gasteiger partial charge in [-0.05, 0) is 5.92 Å². The summed E-state index contributed by atoms with van der Waals surface area (Å²) in [6, 6.07) is -0.842. The van der Waals surface area contributed by atoms with E-state index in [2.05, 4.69) is 0 Å². The fraction of sp³-hybridized carbons (Fsp3) is 0.750. The number of likely N-dealkylation sites (tertiary alicyclic amines) is 1. The van der Waals surface area contributed by atoms with Gasteiger partial charge in [0, 0.05) is 20.1 Å². The molecule has 1 N–H and O–H groups in total. The maximum absolute atomic E-state index is 12.1. The van der Waals surface area contributed by atoms with Crippen molar-refractivity contribution < 1.29 is 19.5 Å². The van der Waals surface area contributed by atoms with E-state index in [0.717, 1.165) is 0 Å². The van der Waals surface area contributed by atoms with Gasteiger partial charge in [0.2, 0.25) is 11.8 Å². The van der Waals surface area contributed by atoms with E-state index in [0.29, 0.717) is 13.1 Å². The number of alkyl halides is 1. The third kappa shape index (κ3) is 3.37. The van der Waals surface area contributed by atoms with Crippen LogP contribution >= 0.6 is 11.6 Å². The Balaban J connectivity index is 2.60. The van der Waals surface area contributed by atoms with E-state index in [1.165, 1.54) is 16.8 Å². The molecule has 108 valence electrons. The molecule has 1 aliphatic rings. The van der Waals surface area contributed by atoms with E-state index in [1.54, 1.807) is 13.8 Å². The van der Waals surface area contributed by atoms with E-state index in [-0.39, 0.29) is 29.5 Å². The molecule has 0 aromatic carbocycles. The molecule has 0 bridgehead atoms. The van der Waals surface area contributed by atoms with E-state index in [4.69, 9.17) is 16.7 Å². The third-order valence-corrected chi connectivity index (χ3v) is 3.58. The van der Waals surface area contributed by atoms with Crippen LogP contribution in [0.2, 0.25) is 0 Å². The van der Waals surface area contributed by atoms with Crippen LogP contribution in [0.5, 0.6) is 0 Å². The molecule has 1 saturated heterocycles. The summed E-state index contributed by atoms with van der Waals surface area (Å²) in [6.45, 7) is 4.15. The topological polar surface area (TPSA) is 77.9 Å². The van der Waals surface area contributed by atoms with Gasteiger partial charge in [-0.3, -0.25) is 9.59 Å². The Morgan fingerprint density at radius 3 is 2.26 bits per heavy atom. The first-order chi connectivity index (χ1) is 8.79. The Morgan fingerprint density at radius 2 is 1.89 bits per heavy atom. The predicted octanol–water partition coefficient (Wildman–Crippen LogP) is 0.251. The number of carbonyl (C=O) groups excluding carboxylic acids is 2. The first-order valence-electron chi connectivity index (χ1n) is 6.12. The average molecular weight is 291 g/mol. The lowest BCUT2D eigenvalue weighted by Gasteiger charge is -2.41. The summed E-state index contributed by atoms with van der Waals surface area (Å²) in [5.41, 5.74) is 0. The minimum atomic E-state index is -1.01. The standard InChI is InChI=1S/C12H19ClN2O4/c1-7(2)10(12(18)19)14(3)11(17)8-5-15(6-8)9(16)4-13/h7-8,10H,4-6H2,1-3H3,(H,18,19). The average Bonchev–Trinajstić information content (AvgIpc) is 2.25. The molecule has 1 aliphatic heterocycles. The summed E-state index contributed by atoms with van der Waals surface area (Å²) in [4.78, 5) is 37.3. The highest BCUT2D eigenvalue weighted by Gasteiger charge is 2.40. The number of nitrogens with zero attached hydrogens (tertiary/aromatic N) is 2. The molecule has 1 heterocycles. The zero-order valence-corrected chi connectivity index (χ0v) is 12.1. The monoisotopic (exact) mass is 290 g/mol. The smallest absolute Gasteiger partial charge is 0.326 e. The van der Waals surface area contributed by atoms with Crippen molar-refractivity contribution in [1.29, 1.82) is 0 Å². The largest absolute Gasteiger partial charge is 0.480 e. The second-order valence-corrected chi connectivity index (χ2v) is 5.37. The minimum absolute atomic E-state index is 0.0967. The van der Waals surface area contributed by atoms with Crippen LogP contribution in [0.1, 0.15) is 13.8 Å². The molecular weight excluding hydrogens is 272 g/mol. The Bertz CT molecular complexity index is 380. The van der Waals surface area contributed by atoms with E-state index in [1.807, 2.05) is 0 Å². The molecule has 0 radical (unpaired) electrons. The van der Waals surface area contributed by atoms with Crippen LogP contribution in [-0.2, 0) is 14.4 Å². The Labute approximate surface area is 117 Å². The van der Waals surface area contributed by atoms with Crippen LogP contribution in [0.15, 0.2) is 0 Å². The van der Waals surface area contributed by atoms with Gasteiger partial charge in [-0.25, -0.2) is 4.79 Å². The molecule has 1 unspecified atom stereocenters. The Hall–Kier alpha value is -1.30. The van der Waals surface area contributed by atoms with Crippen LogP contribution in [0, 0.1) is 11.8 Å². The summed E-state index contributed by atoms with van der Waals surface area (Å²) in [6.07, 6.45) is 0. The molecule has 0 aromatic rings. The zero-order chi connectivity index (χ0) is 14.7. The van der Waals surface area contributed by atoms with Crippen molar-refractivity contribution >= 4 is 29.4 Å². The van der Waals surface area contributed by atoms with Crippen molar-refractivity contribution in [2.24, 2.45) is 11.8 Å². The van der Waals surface area contributed by atoms with Crippen molar-refractivity contribution in [3.63, 3.8) is 0 Å². The van der Waals surface area contributed by atoms with Crippen LogP contribution in [0.3, 0.4) is 0 Å². The van der Waals surface area contributed by atoms with Gasteiger partial charge >= 0.3 is 5.97 Å². The lowest BCUT2D eigenvalue weighted by Crippen LogP contribution is -2.58. The van der Waals surface area contributed by atoms with E-state index >= 15 is 0 Å². The van der Waals surface area contributed by atoms with Crippen molar-refractivity contribution in [1.82, 2.24) is 9.80 Å². The fourth-order valence-corrected chi connectivity index (χ4v) is 2.42. The quantitative estimate of drug-likeness (QED) is 0.736. The highest BCUT2D eigenvalue weighted by atomic mass is 35.5.